The van der Waals surface area contributed by atoms with Gasteiger partial charge in [0.05, 0.1) is 6.61 Å². The molecule has 1 aromatic rings. The molecule has 1 aromatic carbocycles. The standard InChI is InChI=1S/C14H23NO2/c1-3-12(8-9-15)13-4-6-14(7-5-13)17-11-10-16-2/h4-7,12H,3,8-11,15H2,1-2H3. The Balaban J connectivity index is 2.53. The minimum Gasteiger partial charge on any atom is -0.491 e. The highest BCUT2D eigenvalue weighted by atomic mass is 16.5. The molecule has 0 aliphatic heterocycles. The van der Waals surface area contributed by atoms with Gasteiger partial charge < -0.3 is 15.2 Å². The molecular weight excluding hydrogens is 214 g/mol. The maximum Gasteiger partial charge on any atom is 0.119 e. The Morgan fingerprint density at radius 2 is 1.88 bits per heavy atom. The van der Waals surface area contributed by atoms with Gasteiger partial charge in [0.15, 0.2) is 0 Å². The predicted octanol–water partition coefficient (Wildman–Crippen LogP) is 2.55. The number of benzene rings is 1. The predicted molar refractivity (Wildman–Crippen MR) is 70.5 cm³/mol. The molecule has 0 aromatic heterocycles. The molecule has 96 valence electrons. The van der Waals surface area contributed by atoms with Crippen molar-refractivity contribution in [3.63, 3.8) is 0 Å². The molecule has 2 N–H and O–H groups in total. The summed E-state index contributed by atoms with van der Waals surface area (Å²) in [5.74, 6) is 1.46. The lowest BCUT2D eigenvalue weighted by Crippen LogP contribution is -2.07. The highest BCUT2D eigenvalue weighted by molar-refractivity contribution is 5.29. The van der Waals surface area contributed by atoms with Crippen molar-refractivity contribution in [1.29, 1.82) is 0 Å². The van der Waals surface area contributed by atoms with E-state index in [1.54, 1.807) is 7.11 Å². The average molecular weight is 237 g/mol. The Morgan fingerprint density at radius 3 is 2.41 bits per heavy atom. The zero-order valence-electron chi connectivity index (χ0n) is 10.8. The topological polar surface area (TPSA) is 44.5 Å². The third-order valence-corrected chi connectivity index (χ3v) is 2.92. The first kappa shape index (κ1) is 14.0. The van der Waals surface area contributed by atoms with Gasteiger partial charge in [-0.25, -0.2) is 0 Å². The van der Waals surface area contributed by atoms with Crippen LogP contribution in [0, 0.1) is 0 Å². The van der Waals surface area contributed by atoms with Crippen molar-refractivity contribution in [2.75, 3.05) is 26.9 Å². The molecule has 0 bridgehead atoms. The van der Waals surface area contributed by atoms with Crippen LogP contribution in [-0.4, -0.2) is 26.9 Å². The molecule has 0 saturated heterocycles. The van der Waals surface area contributed by atoms with Crippen LogP contribution in [-0.2, 0) is 4.74 Å². The second kappa shape index (κ2) is 8.09. The monoisotopic (exact) mass is 237 g/mol. The van der Waals surface area contributed by atoms with Gasteiger partial charge in [-0.15, -0.1) is 0 Å². The Bertz CT molecular complexity index is 298. The lowest BCUT2D eigenvalue weighted by atomic mass is 9.93. The molecule has 0 saturated carbocycles. The number of nitrogens with two attached hydrogens (primary N) is 1. The van der Waals surface area contributed by atoms with Crippen molar-refractivity contribution < 1.29 is 9.47 Å². The number of methoxy groups -OCH3 is 1. The van der Waals surface area contributed by atoms with Crippen molar-refractivity contribution in [3.8, 4) is 5.75 Å². The zero-order valence-corrected chi connectivity index (χ0v) is 10.8. The van der Waals surface area contributed by atoms with E-state index in [4.69, 9.17) is 15.2 Å². The van der Waals surface area contributed by atoms with Crippen molar-refractivity contribution >= 4 is 0 Å². The summed E-state index contributed by atoms with van der Waals surface area (Å²) in [5.41, 5.74) is 6.96. The molecule has 0 fully saturated rings. The number of rotatable bonds is 8. The molecular formula is C14H23NO2. The van der Waals surface area contributed by atoms with Crippen molar-refractivity contribution in [2.45, 2.75) is 25.7 Å². The van der Waals surface area contributed by atoms with Crippen LogP contribution in [0.4, 0.5) is 0 Å². The first-order valence-electron chi connectivity index (χ1n) is 6.23. The number of ether oxygens (including phenoxy) is 2. The molecule has 0 spiro atoms. The fourth-order valence-corrected chi connectivity index (χ4v) is 1.89. The van der Waals surface area contributed by atoms with Crippen LogP contribution in [0.1, 0.15) is 31.2 Å². The van der Waals surface area contributed by atoms with Crippen LogP contribution >= 0.6 is 0 Å². The second-order valence-electron chi connectivity index (χ2n) is 4.09. The van der Waals surface area contributed by atoms with E-state index >= 15 is 0 Å². The minimum atomic E-state index is 0.563. The van der Waals surface area contributed by atoms with Gasteiger partial charge in [0.2, 0.25) is 0 Å². The van der Waals surface area contributed by atoms with Crippen LogP contribution in [0.25, 0.3) is 0 Å². The molecule has 17 heavy (non-hydrogen) atoms. The van der Waals surface area contributed by atoms with Crippen LogP contribution in [0.15, 0.2) is 24.3 Å². The molecule has 1 atom stereocenters. The third kappa shape index (κ3) is 4.75. The Hall–Kier alpha value is -1.06. The zero-order chi connectivity index (χ0) is 12.5. The summed E-state index contributed by atoms with van der Waals surface area (Å²) in [6.07, 6.45) is 2.17. The van der Waals surface area contributed by atoms with E-state index < -0.39 is 0 Å². The smallest absolute Gasteiger partial charge is 0.119 e. The van der Waals surface area contributed by atoms with Gasteiger partial charge in [-0.2, -0.15) is 0 Å². The number of hydrogen-bond acceptors (Lipinski definition) is 3. The van der Waals surface area contributed by atoms with E-state index in [9.17, 15) is 0 Å². The summed E-state index contributed by atoms with van der Waals surface area (Å²) in [7, 11) is 1.67. The normalized spacial score (nSPS) is 12.4. The first-order valence-corrected chi connectivity index (χ1v) is 6.23. The molecule has 0 aliphatic carbocycles. The van der Waals surface area contributed by atoms with E-state index in [0.717, 1.165) is 25.1 Å². The average Bonchev–Trinajstić information content (AvgIpc) is 2.37. The number of hydrogen-bond donors (Lipinski definition) is 1. The van der Waals surface area contributed by atoms with Crippen LogP contribution in [0.3, 0.4) is 0 Å². The second-order valence-corrected chi connectivity index (χ2v) is 4.09. The Labute approximate surface area is 104 Å². The lowest BCUT2D eigenvalue weighted by Gasteiger charge is -2.14. The summed E-state index contributed by atoms with van der Waals surface area (Å²) in [4.78, 5) is 0. The van der Waals surface area contributed by atoms with E-state index in [1.165, 1.54) is 5.56 Å². The van der Waals surface area contributed by atoms with Gasteiger partial charge in [0.25, 0.3) is 0 Å². The molecule has 0 heterocycles. The van der Waals surface area contributed by atoms with Crippen LogP contribution in [0.5, 0.6) is 5.75 Å². The molecule has 3 heteroatoms. The van der Waals surface area contributed by atoms with E-state index in [2.05, 4.69) is 19.1 Å². The molecule has 3 nitrogen and oxygen atoms in total. The van der Waals surface area contributed by atoms with E-state index in [1.807, 2.05) is 12.1 Å². The highest BCUT2D eigenvalue weighted by Gasteiger charge is 2.08. The van der Waals surface area contributed by atoms with Gasteiger partial charge in [-0.1, -0.05) is 19.1 Å². The summed E-state index contributed by atoms with van der Waals surface area (Å²) in [5, 5.41) is 0. The lowest BCUT2D eigenvalue weighted by molar-refractivity contribution is 0.146. The SMILES string of the molecule is CCC(CCN)c1ccc(OCCOC)cc1. The summed E-state index contributed by atoms with van der Waals surface area (Å²) in [6, 6.07) is 8.30. The maximum absolute atomic E-state index is 5.61. The molecule has 1 unspecified atom stereocenters. The Kier molecular flexibility index (Phi) is 6.67. The van der Waals surface area contributed by atoms with Gasteiger partial charge in [-0.3, -0.25) is 0 Å². The highest BCUT2D eigenvalue weighted by Crippen LogP contribution is 2.24. The fraction of sp³-hybridized carbons (Fsp3) is 0.571. The van der Waals surface area contributed by atoms with Crippen molar-refractivity contribution in [1.82, 2.24) is 0 Å². The largest absolute Gasteiger partial charge is 0.491 e. The summed E-state index contributed by atoms with van der Waals surface area (Å²) < 4.78 is 10.5. The van der Waals surface area contributed by atoms with Crippen LogP contribution in [0.2, 0.25) is 0 Å². The van der Waals surface area contributed by atoms with Gasteiger partial charge >= 0.3 is 0 Å². The fourth-order valence-electron chi connectivity index (χ4n) is 1.89. The van der Waals surface area contributed by atoms with Gasteiger partial charge in [0, 0.05) is 7.11 Å². The van der Waals surface area contributed by atoms with Gasteiger partial charge in [0.1, 0.15) is 12.4 Å². The van der Waals surface area contributed by atoms with Crippen LogP contribution < -0.4 is 10.5 Å². The first-order chi connectivity index (χ1) is 8.31. The summed E-state index contributed by atoms with van der Waals surface area (Å²) >= 11 is 0. The summed E-state index contributed by atoms with van der Waals surface area (Å²) in [6.45, 7) is 4.15. The third-order valence-electron chi connectivity index (χ3n) is 2.92. The minimum absolute atomic E-state index is 0.563. The Morgan fingerprint density at radius 1 is 1.18 bits per heavy atom. The van der Waals surface area contributed by atoms with E-state index in [-0.39, 0.29) is 0 Å². The maximum atomic E-state index is 5.61. The molecule has 0 radical (unpaired) electrons. The molecule has 0 aliphatic rings. The van der Waals surface area contributed by atoms with Crippen molar-refractivity contribution in [3.05, 3.63) is 29.8 Å². The van der Waals surface area contributed by atoms with Gasteiger partial charge in [-0.05, 0) is 43.0 Å². The molecule has 1 rings (SSSR count). The quantitative estimate of drug-likeness (QED) is 0.707. The van der Waals surface area contributed by atoms with E-state index in [0.29, 0.717) is 19.1 Å². The molecule has 0 amide bonds. The van der Waals surface area contributed by atoms with Crippen molar-refractivity contribution in [2.24, 2.45) is 5.73 Å².